The standard InChI is InChI=1S/C34H37N3O2/c1-22(2)28-21-20-23(3)29-31(28)35-36(32(29)25-14-8-5-9-15-25)34(38)30-24(4)39-37(27-18-12-7-13-19-27)33(30)26-16-10-6-11-17-26/h5-19,22-24,28,30,33H,20-21H2,1-4H3/t23-,24-,28-,30-,33-/m1/s1. The van der Waals surface area contributed by atoms with Crippen LogP contribution >= 0.6 is 0 Å². The summed E-state index contributed by atoms with van der Waals surface area (Å²) in [4.78, 5) is 21.3. The molecule has 1 aromatic heterocycles. The maximum atomic E-state index is 14.8. The molecule has 1 saturated heterocycles. The maximum absolute atomic E-state index is 14.8. The van der Waals surface area contributed by atoms with Gasteiger partial charge in [0.2, 0.25) is 0 Å². The minimum atomic E-state index is -0.441. The van der Waals surface area contributed by atoms with Gasteiger partial charge in [-0.25, -0.2) is 5.06 Å². The van der Waals surface area contributed by atoms with Gasteiger partial charge in [-0.05, 0) is 49.3 Å². The van der Waals surface area contributed by atoms with Crippen molar-refractivity contribution in [1.29, 1.82) is 0 Å². The van der Waals surface area contributed by atoms with Crippen molar-refractivity contribution in [3.8, 4) is 11.3 Å². The molecule has 5 atom stereocenters. The molecular formula is C34H37N3O2. The second-order valence-corrected chi connectivity index (χ2v) is 11.4. The molecule has 0 radical (unpaired) electrons. The number of benzene rings is 3. The van der Waals surface area contributed by atoms with E-state index in [1.165, 1.54) is 5.56 Å². The highest BCUT2D eigenvalue weighted by molar-refractivity contribution is 5.88. The summed E-state index contributed by atoms with van der Waals surface area (Å²) in [6.45, 7) is 8.82. The van der Waals surface area contributed by atoms with Gasteiger partial charge in [-0.1, -0.05) is 99.6 Å². The lowest BCUT2D eigenvalue weighted by Gasteiger charge is -2.29. The Labute approximate surface area is 231 Å². The van der Waals surface area contributed by atoms with E-state index in [-0.39, 0.29) is 18.1 Å². The predicted octanol–water partition coefficient (Wildman–Crippen LogP) is 8.03. The van der Waals surface area contributed by atoms with E-state index in [1.54, 1.807) is 4.68 Å². The fraction of sp³-hybridized carbons (Fsp3) is 0.353. The van der Waals surface area contributed by atoms with Crippen molar-refractivity contribution in [3.63, 3.8) is 0 Å². The first kappa shape index (κ1) is 25.6. The second-order valence-electron chi connectivity index (χ2n) is 11.4. The van der Waals surface area contributed by atoms with Crippen molar-refractivity contribution < 1.29 is 9.63 Å². The Bertz CT molecular complexity index is 1430. The van der Waals surface area contributed by atoms with Gasteiger partial charge in [0.15, 0.2) is 0 Å². The SMILES string of the molecule is CC(C)[C@H]1CC[C@@H](C)c2c1nn(C(=O)[C@H]1[C@@H](c3ccccc3)N(c3ccccc3)O[C@@H]1C)c2-c1ccccc1. The number of fused-ring (bicyclic) bond motifs is 1. The number of carbonyl (C=O) groups excluding carboxylic acids is 1. The first-order valence-electron chi connectivity index (χ1n) is 14.2. The number of hydroxylamine groups is 1. The third-order valence-electron chi connectivity index (χ3n) is 8.58. The van der Waals surface area contributed by atoms with Crippen LogP contribution < -0.4 is 5.06 Å². The van der Waals surface area contributed by atoms with Gasteiger partial charge >= 0.3 is 0 Å². The van der Waals surface area contributed by atoms with Gasteiger partial charge in [-0.3, -0.25) is 9.63 Å². The zero-order chi connectivity index (χ0) is 27.1. The summed E-state index contributed by atoms with van der Waals surface area (Å²) < 4.78 is 1.74. The first-order valence-corrected chi connectivity index (χ1v) is 14.2. The van der Waals surface area contributed by atoms with Crippen molar-refractivity contribution in [1.82, 2.24) is 9.78 Å². The molecular weight excluding hydrogens is 482 g/mol. The van der Waals surface area contributed by atoms with E-state index < -0.39 is 5.92 Å². The van der Waals surface area contributed by atoms with E-state index in [2.05, 4.69) is 45.0 Å². The van der Waals surface area contributed by atoms with Crippen LogP contribution in [0.5, 0.6) is 0 Å². The molecule has 6 rings (SSSR count). The highest BCUT2D eigenvalue weighted by Crippen LogP contribution is 2.48. The minimum Gasteiger partial charge on any atom is -0.272 e. The lowest BCUT2D eigenvalue weighted by molar-refractivity contribution is 0.0620. The van der Waals surface area contributed by atoms with Crippen molar-refractivity contribution >= 4 is 11.6 Å². The Morgan fingerprint density at radius 1 is 0.872 bits per heavy atom. The molecule has 39 heavy (non-hydrogen) atoms. The lowest BCUT2D eigenvalue weighted by Crippen LogP contribution is -2.33. The highest BCUT2D eigenvalue weighted by atomic mass is 16.7. The lowest BCUT2D eigenvalue weighted by atomic mass is 9.75. The number of rotatable bonds is 5. The van der Waals surface area contributed by atoms with Gasteiger partial charge in [0.25, 0.3) is 5.91 Å². The van der Waals surface area contributed by atoms with E-state index >= 15 is 0 Å². The fourth-order valence-electron chi connectivity index (χ4n) is 6.58. The van der Waals surface area contributed by atoms with Crippen LogP contribution in [0.1, 0.15) is 80.0 Å². The average Bonchev–Trinajstić information content (AvgIpc) is 3.53. The summed E-state index contributed by atoms with van der Waals surface area (Å²) in [5.74, 6) is 0.685. The molecule has 3 aromatic carbocycles. The van der Waals surface area contributed by atoms with E-state index in [4.69, 9.17) is 9.94 Å². The second kappa shape index (κ2) is 10.5. The van der Waals surface area contributed by atoms with E-state index in [1.807, 2.05) is 78.7 Å². The van der Waals surface area contributed by atoms with Crippen molar-refractivity contribution in [2.45, 2.75) is 64.5 Å². The van der Waals surface area contributed by atoms with Crippen LogP contribution in [0, 0.1) is 11.8 Å². The van der Waals surface area contributed by atoms with E-state index in [0.29, 0.717) is 17.8 Å². The van der Waals surface area contributed by atoms with E-state index in [0.717, 1.165) is 41.0 Å². The summed E-state index contributed by atoms with van der Waals surface area (Å²) in [7, 11) is 0. The summed E-state index contributed by atoms with van der Waals surface area (Å²) in [6, 6.07) is 30.4. The van der Waals surface area contributed by atoms with Gasteiger partial charge in [0, 0.05) is 17.0 Å². The molecule has 200 valence electrons. The van der Waals surface area contributed by atoms with Crippen LogP contribution in [0.4, 0.5) is 5.69 Å². The molecule has 0 amide bonds. The Balaban J connectivity index is 1.52. The quantitative estimate of drug-likeness (QED) is 0.268. The molecule has 0 spiro atoms. The minimum absolute atomic E-state index is 0.0160. The molecule has 1 aliphatic carbocycles. The summed E-state index contributed by atoms with van der Waals surface area (Å²) in [6.07, 6.45) is 1.88. The largest absolute Gasteiger partial charge is 0.272 e. The zero-order valence-electron chi connectivity index (χ0n) is 23.2. The number of hydrogen-bond donors (Lipinski definition) is 0. The molecule has 1 fully saturated rings. The number of anilines is 1. The van der Waals surface area contributed by atoms with Crippen LogP contribution in [-0.4, -0.2) is 21.8 Å². The van der Waals surface area contributed by atoms with Crippen LogP contribution in [0.15, 0.2) is 91.0 Å². The number of aromatic nitrogens is 2. The van der Waals surface area contributed by atoms with Gasteiger partial charge in [0.1, 0.15) is 0 Å². The number of nitrogens with zero attached hydrogens (tertiary/aromatic N) is 3. The smallest absolute Gasteiger partial charge is 0.255 e. The van der Waals surface area contributed by atoms with Crippen LogP contribution in [0.2, 0.25) is 0 Å². The molecule has 1 aliphatic heterocycles. The Morgan fingerprint density at radius 3 is 2.13 bits per heavy atom. The fourth-order valence-corrected chi connectivity index (χ4v) is 6.58. The predicted molar refractivity (Wildman–Crippen MR) is 156 cm³/mol. The monoisotopic (exact) mass is 519 g/mol. The van der Waals surface area contributed by atoms with Gasteiger partial charge in [0.05, 0.1) is 35.1 Å². The van der Waals surface area contributed by atoms with Crippen molar-refractivity contribution in [2.24, 2.45) is 11.8 Å². The third-order valence-corrected chi connectivity index (χ3v) is 8.58. The van der Waals surface area contributed by atoms with E-state index in [9.17, 15) is 4.79 Å². The number of hydrogen-bond acceptors (Lipinski definition) is 4. The number of carbonyl (C=O) groups is 1. The Hall–Kier alpha value is -3.70. The maximum Gasteiger partial charge on any atom is 0.255 e. The Morgan fingerprint density at radius 2 is 1.49 bits per heavy atom. The third kappa shape index (κ3) is 4.49. The summed E-state index contributed by atoms with van der Waals surface area (Å²) >= 11 is 0. The summed E-state index contributed by atoms with van der Waals surface area (Å²) in [5.41, 5.74) is 6.31. The Kier molecular flexibility index (Phi) is 6.86. The van der Waals surface area contributed by atoms with Crippen LogP contribution in [0.25, 0.3) is 11.3 Å². The normalized spacial score (nSPS) is 24.6. The van der Waals surface area contributed by atoms with Crippen LogP contribution in [-0.2, 0) is 4.84 Å². The topological polar surface area (TPSA) is 47.4 Å². The van der Waals surface area contributed by atoms with Crippen molar-refractivity contribution in [2.75, 3.05) is 5.06 Å². The molecule has 5 nitrogen and oxygen atoms in total. The van der Waals surface area contributed by atoms with Gasteiger partial charge in [-0.2, -0.15) is 9.78 Å². The van der Waals surface area contributed by atoms with Crippen molar-refractivity contribution in [3.05, 3.63) is 108 Å². The van der Waals surface area contributed by atoms with Gasteiger partial charge < -0.3 is 0 Å². The molecule has 0 unspecified atom stereocenters. The van der Waals surface area contributed by atoms with Crippen LogP contribution in [0.3, 0.4) is 0 Å². The molecule has 4 aromatic rings. The molecule has 0 saturated carbocycles. The zero-order valence-corrected chi connectivity index (χ0v) is 23.2. The molecule has 2 aliphatic rings. The van der Waals surface area contributed by atoms with Gasteiger partial charge in [-0.15, -0.1) is 0 Å². The summed E-state index contributed by atoms with van der Waals surface area (Å²) in [5, 5.41) is 7.10. The molecule has 2 heterocycles. The molecule has 0 bridgehead atoms. The highest BCUT2D eigenvalue weighted by Gasteiger charge is 2.48. The molecule has 0 N–H and O–H groups in total. The molecule has 5 heteroatoms. The first-order chi connectivity index (χ1) is 19.0. The number of para-hydroxylation sites is 1. The average molecular weight is 520 g/mol.